The Morgan fingerprint density at radius 1 is 1.36 bits per heavy atom. The lowest BCUT2D eigenvalue weighted by molar-refractivity contribution is 0.317. The summed E-state index contributed by atoms with van der Waals surface area (Å²) >= 11 is 11.5. The molecule has 3 N–H and O–H groups in total. The van der Waals surface area contributed by atoms with Gasteiger partial charge < -0.3 is 10.9 Å². The fourth-order valence-electron chi connectivity index (χ4n) is 0.894. The average molecular weight is 256 g/mol. The molecule has 6 heteroatoms. The van der Waals surface area contributed by atoms with Crippen LogP contribution < -0.4 is 5.73 Å². The summed E-state index contributed by atoms with van der Waals surface area (Å²) in [6.45, 7) is 0. The summed E-state index contributed by atoms with van der Waals surface area (Å²) in [6.07, 6.45) is 0.355. The van der Waals surface area contributed by atoms with Crippen molar-refractivity contribution in [1.82, 2.24) is 0 Å². The van der Waals surface area contributed by atoms with E-state index in [4.69, 9.17) is 34.1 Å². The third-order valence-electron chi connectivity index (χ3n) is 1.50. The molecule has 0 amide bonds. The van der Waals surface area contributed by atoms with Crippen LogP contribution in [0.3, 0.4) is 0 Å². The minimum absolute atomic E-state index is 0. The largest absolute Gasteiger partial charge is 0.409 e. The van der Waals surface area contributed by atoms with Crippen LogP contribution in [0.2, 0.25) is 10.0 Å². The molecule has 78 valence electrons. The van der Waals surface area contributed by atoms with Crippen LogP contribution in [0, 0.1) is 0 Å². The van der Waals surface area contributed by atoms with Crippen molar-refractivity contribution >= 4 is 41.4 Å². The van der Waals surface area contributed by atoms with Gasteiger partial charge in [-0.05, 0) is 17.7 Å². The van der Waals surface area contributed by atoms with Gasteiger partial charge in [0.15, 0.2) is 0 Å². The predicted molar refractivity (Wildman–Crippen MR) is 60.8 cm³/mol. The molecule has 0 saturated heterocycles. The van der Waals surface area contributed by atoms with E-state index >= 15 is 0 Å². The molecule has 0 aliphatic carbocycles. The van der Waals surface area contributed by atoms with Gasteiger partial charge in [-0.2, -0.15) is 0 Å². The van der Waals surface area contributed by atoms with Crippen molar-refractivity contribution in [2.75, 3.05) is 0 Å². The number of rotatable bonds is 2. The Balaban J connectivity index is 0.00000169. The van der Waals surface area contributed by atoms with Crippen molar-refractivity contribution < 1.29 is 5.21 Å². The van der Waals surface area contributed by atoms with Crippen LogP contribution in [0.15, 0.2) is 23.4 Å². The second-order valence-corrected chi connectivity index (χ2v) is 3.33. The molecule has 0 atom stereocenters. The quantitative estimate of drug-likeness (QED) is 0.369. The molecule has 0 radical (unpaired) electrons. The Bertz CT molecular complexity index is 341. The molecule has 3 nitrogen and oxygen atoms in total. The number of benzene rings is 1. The number of nitrogens with two attached hydrogens (primary N) is 1. The molecule has 14 heavy (non-hydrogen) atoms. The predicted octanol–water partition coefficient (Wildman–Crippen LogP) is 2.70. The lowest BCUT2D eigenvalue weighted by atomic mass is 10.1. The zero-order valence-corrected chi connectivity index (χ0v) is 9.40. The summed E-state index contributed by atoms with van der Waals surface area (Å²) in [5.41, 5.74) is 6.17. The summed E-state index contributed by atoms with van der Waals surface area (Å²) < 4.78 is 0. The molecule has 1 aromatic rings. The van der Waals surface area contributed by atoms with Gasteiger partial charge in [-0.1, -0.05) is 34.4 Å². The normalized spacial score (nSPS) is 10.9. The standard InChI is InChI=1S/C8H8Cl2N2O.ClH/c9-6-2-1-5(3-7(6)10)4-8(11)12-13;/h1-3,13H,4H2,(H2,11,12);1H. The molecule has 0 heterocycles. The van der Waals surface area contributed by atoms with Gasteiger partial charge in [-0.3, -0.25) is 0 Å². The first-order valence-electron chi connectivity index (χ1n) is 3.54. The van der Waals surface area contributed by atoms with E-state index in [1.165, 1.54) is 0 Å². The van der Waals surface area contributed by atoms with E-state index in [-0.39, 0.29) is 18.2 Å². The van der Waals surface area contributed by atoms with E-state index in [9.17, 15) is 0 Å². The van der Waals surface area contributed by atoms with Gasteiger partial charge in [0.05, 0.1) is 10.0 Å². The van der Waals surface area contributed by atoms with Crippen LogP contribution >= 0.6 is 35.6 Å². The maximum Gasteiger partial charge on any atom is 0.143 e. The average Bonchev–Trinajstić information content (AvgIpc) is 2.11. The third-order valence-corrected chi connectivity index (χ3v) is 2.24. The van der Waals surface area contributed by atoms with Crippen molar-refractivity contribution in [3.8, 4) is 0 Å². The summed E-state index contributed by atoms with van der Waals surface area (Å²) in [4.78, 5) is 0. The van der Waals surface area contributed by atoms with Crippen LogP contribution in [0.5, 0.6) is 0 Å². The zero-order valence-electron chi connectivity index (χ0n) is 7.08. The summed E-state index contributed by atoms with van der Waals surface area (Å²) in [5, 5.41) is 12.1. The molecular formula is C8H9Cl3N2O. The second kappa shape index (κ2) is 5.96. The Morgan fingerprint density at radius 3 is 2.50 bits per heavy atom. The second-order valence-electron chi connectivity index (χ2n) is 2.52. The van der Waals surface area contributed by atoms with E-state index in [2.05, 4.69) is 5.16 Å². The smallest absolute Gasteiger partial charge is 0.143 e. The van der Waals surface area contributed by atoms with Crippen LogP contribution in [-0.4, -0.2) is 11.0 Å². The molecule has 0 aliphatic rings. The Hall–Kier alpha value is -0.640. The fourth-order valence-corrected chi connectivity index (χ4v) is 1.21. The van der Waals surface area contributed by atoms with Crippen LogP contribution in [0.1, 0.15) is 5.56 Å². The minimum Gasteiger partial charge on any atom is -0.409 e. The molecule has 0 aromatic heterocycles. The Morgan fingerprint density at radius 2 is 2.00 bits per heavy atom. The number of hydrogen-bond acceptors (Lipinski definition) is 2. The Labute approximate surface area is 97.9 Å². The van der Waals surface area contributed by atoms with E-state index in [1.807, 2.05) is 0 Å². The summed E-state index contributed by atoms with van der Waals surface area (Å²) in [6, 6.07) is 5.12. The third kappa shape index (κ3) is 3.62. The van der Waals surface area contributed by atoms with Crippen molar-refractivity contribution in [3.63, 3.8) is 0 Å². The van der Waals surface area contributed by atoms with E-state index in [0.29, 0.717) is 16.5 Å². The van der Waals surface area contributed by atoms with Crippen molar-refractivity contribution in [1.29, 1.82) is 0 Å². The number of amidine groups is 1. The zero-order chi connectivity index (χ0) is 9.84. The summed E-state index contributed by atoms with van der Waals surface area (Å²) in [5.74, 6) is 0.137. The maximum atomic E-state index is 8.32. The van der Waals surface area contributed by atoms with Gasteiger partial charge in [-0.25, -0.2) is 0 Å². The number of hydrogen-bond donors (Lipinski definition) is 2. The van der Waals surface area contributed by atoms with Crippen molar-refractivity contribution in [3.05, 3.63) is 33.8 Å². The van der Waals surface area contributed by atoms with Gasteiger partial charge in [0.25, 0.3) is 0 Å². The number of halogens is 3. The highest BCUT2D eigenvalue weighted by Gasteiger charge is 2.01. The molecule has 1 aromatic carbocycles. The highest BCUT2D eigenvalue weighted by Crippen LogP contribution is 2.22. The minimum atomic E-state index is 0. The number of oxime groups is 1. The van der Waals surface area contributed by atoms with Crippen molar-refractivity contribution in [2.45, 2.75) is 6.42 Å². The molecule has 0 saturated carbocycles. The van der Waals surface area contributed by atoms with Crippen molar-refractivity contribution in [2.24, 2.45) is 10.9 Å². The van der Waals surface area contributed by atoms with Crippen LogP contribution in [0.4, 0.5) is 0 Å². The van der Waals surface area contributed by atoms with Gasteiger partial charge in [0, 0.05) is 6.42 Å². The van der Waals surface area contributed by atoms with Gasteiger partial charge >= 0.3 is 0 Å². The summed E-state index contributed by atoms with van der Waals surface area (Å²) in [7, 11) is 0. The van der Waals surface area contributed by atoms with Crippen LogP contribution in [0.25, 0.3) is 0 Å². The van der Waals surface area contributed by atoms with E-state index in [1.54, 1.807) is 18.2 Å². The SMILES string of the molecule is Cl.NC(Cc1ccc(Cl)c(Cl)c1)=NO. The molecule has 0 spiro atoms. The first-order valence-corrected chi connectivity index (χ1v) is 4.29. The molecule has 0 unspecified atom stereocenters. The Kier molecular flexibility index (Phi) is 5.69. The van der Waals surface area contributed by atoms with Crippen LogP contribution in [-0.2, 0) is 6.42 Å². The molecule has 0 bridgehead atoms. The van der Waals surface area contributed by atoms with E-state index < -0.39 is 0 Å². The molecule has 0 fully saturated rings. The molecule has 1 rings (SSSR count). The van der Waals surface area contributed by atoms with Gasteiger partial charge in [0.2, 0.25) is 0 Å². The molecular weight excluding hydrogens is 246 g/mol. The highest BCUT2D eigenvalue weighted by atomic mass is 35.5. The lowest BCUT2D eigenvalue weighted by Gasteiger charge is -2.01. The first-order chi connectivity index (χ1) is 6.13. The van der Waals surface area contributed by atoms with E-state index in [0.717, 1.165) is 5.56 Å². The highest BCUT2D eigenvalue weighted by molar-refractivity contribution is 6.42. The maximum absolute atomic E-state index is 8.32. The monoisotopic (exact) mass is 254 g/mol. The topological polar surface area (TPSA) is 58.6 Å². The van der Waals surface area contributed by atoms with Gasteiger partial charge in [0.1, 0.15) is 5.84 Å². The first kappa shape index (κ1) is 13.4. The van der Waals surface area contributed by atoms with Gasteiger partial charge in [-0.15, -0.1) is 12.4 Å². The fraction of sp³-hybridized carbons (Fsp3) is 0.125. The molecule has 0 aliphatic heterocycles. The lowest BCUT2D eigenvalue weighted by Crippen LogP contribution is -2.14. The number of nitrogens with zero attached hydrogens (tertiary/aromatic N) is 1.